The summed E-state index contributed by atoms with van der Waals surface area (Å²) in [5.74, 6) is 5.51. The highest BCUT2D eigenvalue weighted by Crippen LogP contribution is 2.11. The molecule has 0 spiro atoms. The molecule has 0 saturated heterocycles. The second-order valence-electron chi connectivity index (χ2n) is 3.32. The number of carbonyl (C=O) groups is 1. The molecule has 2 nitrogen and oxygen atoms in total. The lowest BCUT2D eigenvalue weighted by Gasteiger charge is -2.01. The van der Waals surface area contributed by atoms with Gasteiger partial charge in [0, 0.05) is 5.56 Å². The Balaban J connectivity index is 2.84. The number of rotatable bonds is 1. The number of hydrogen-bond donors (Lipinski definition) is 0. The molecular formula is C13H14O2. The van der Waals surface area contributed by atoms with E-state index < -0.39 is 0 Å². The molecule has 15 heavy (non-hydrogen) atoms. The number of benzene rings is 1. The third-order valence-corrected chi connectivity index (χ3v) is 2.15. The Hall–Kier alpha value is -1.75. The molecular weight excluding hydrogens is 188 g/mol. The average molecular weight is 202 g/mol. The van der Waals surface area contributed by atoms with Crippen LogP contribution in [0.4, 0.5) is 0 Å². The predicted molar refractivity (Wildman–Crippen MR) is 59.4 cm³/mol. The minimum atomic E-state index is -0.297. The first-order chi connectivity index (χ1) is 7.15. The van der Waals surface area contributed by atoms with Gasteiger partial charge in [-0.3, -0.25) is 4.79 Å². The molecule has 0 radical (unpaired) electrons. The van der Waals surface area contributed by atoms with Crippen LogP contribution in [-0.4, -0.2) is 13.1 Å². The third kappa shape index (κ3) is 3.14. The molecule has 0 unspecified atom stereocenters. The van der Waals surface area contributed by atoms with E-state index in [4.69, 9.17) is 0 Å². The van der Waals surface area contributed by atoms with Gasteiger partial charge in [-0.05, 0) is 25.0 Å². The van der Waals surface area contributed by atoms with Crippen molar-refractivity contribution in [3.05, 3.63) is 34.9 Å². The number of methoxy groups -OCH3 is 1. The highest BCUT2D eigenvalue weighted by atomic mass is 16.5. The van der Waals surface area contributed by atoms with Gasteiger partial charge < -0.3 is 4.74 Å². The van der Waals surface area contributed by atoms with Crippen LogP contribution >= 0.6 is 0 Å². The number of carbonyl (C=O) groups excluding carboxylic acids is 1. The molecule has 2 heteroatoms. The summed E-state index contributed by atoms with van der Waals surface area (Å²) in [4.78, 5) is 10.8. The fraction of sp³-hybridized carbons (Fsp3) is 0.308. The number of aryl methyl sites for hydroxylation is 2. The Kier molecular flexibility index (Phi) is 3.93. The molecule has 1 aromatic rings. The van der Waals surface area contributed by atoms with Gasteiger partial charge in [-0.15, -0.1) is 0 Å². The normalized spacial score (nSPS) is 9.00. The van der Waals surface area contributed by atoms with Crippen molar-refractivity contribution in [3.63, 3.8) is 0 Å². The first-order valence-corrected chi connectivity index (χ1v) is 4.77. The summed E-state index contributed by atoms with van der Waals surface area (Å²) < 4.78 is 4.51. The SMILES string of the molecule is COC(=O)CC#Cc1c(C)cccc1C. The van der Waals surface area contributed by atoms with Crippen molar-refractivity contribution in [2.45, 2.75) is 20.3 Å². The summed E-state index contributed by atoms with van der Waals surface area (Å²) in [6.07, 6.45) is 0.143. The highest BCUT2D eigenvalue weighted by molar-refractivity contribution is 5.72. The maximum atomic E-state index is 10.8. The van der Waals surface area contributed by atoms with E-state index in [1.807, 2.05) is 32.0 Å². The van der Waals surface area contributed by atoms with Crippen LogP contribution in [0.15, 0.2) is 18.2 Å². The van der Waals surface area contributed by atoms with Crippen molar-refractivity contribution in [1.82, 2.24) is 0 Å². The number of hydrogen-bond acceptors (Lipinski definition) is 2. The van der Waals surface area contributed by atoms with Crippen LogP contribution in [0.5, 0.6) is 0 Å². The fourth-order valence-electron chi connectivity index (χ4n) is 1.29. The summed E-state index contributed by atoms with van der Waals surface area (Å²) in [7, 11) is 1.36. The van der Waals surface area contributed by atoms with Gasteiger partial charge in [0.25, 0.3) is 0 Å². The standard InChI is InChI=1S/C13H14O2/c1-10-6-4-7-11(2)12(10)8-5-9-13(14)15-3/h4,6-7H,9H2,1-3H3. The maximum Gasteiger partial charge on any atom is 0.317 e. The molecule has 0 saturated carbocycles. The first kappa shape index (κ1) is 11.3. The molecule has 0 aliphatic heterocycles. The van der Waals surface area contributed by atoms with E-state index in [0.717, 1.165) is 16.7 Å². The van der Waals surface area contributed by atoms with Gasteiger partial charge in [-0.1, -0.05) is 30.0 Å². The van der Waals surface area contributed by atoms with Crippen molar-refractivity contribution in [3.8, 4) is 11.8 Å². The van der Waals surface area contributed by atoms with Gasteiger partial charge in [0.2, 0.25) is 0 Å². The topological polar surface area (TPSA) is 26.3 Å². The number of esters is 1. The smallest absolute Gasteiger partial charge is 0.317 e. The lowest BCUT2D eigenvalue weighted by Crippen LogP contribution is -1.97. The molecule has 1 aromatic carbocycles. The zero-order valence-electron chi connectivity index (χ0n) is 9.26. The van der Waals surface area contributed by atoms with Crippen LogP contribution in [0.2, 0.25) is 0 Å². The Bertz CT molecular complexity index is 402. The predicted octanol–water partition coefficient (Wildman–Crippen LogP) is 2.22. The van der Waals surface area contributed by atoms with Gasteiger partial charge >= 0.3 is 5.97 Å². The molecule has 0 atom stereocenters. The Morgan fingerprint density at radius 1 is 1.33 bits per heavy atom. The summed E-state index contributed by atoms with van der Waals surface area (Å²) in [6.45, 7) is 4.02. The van der Waals surface area contributed by atoms with Gasteiger partial charge in [0.15, 0.2) is 0 Å². The lowest BCUT2D eigenvalue weighted by molar-refractivity contribution is -0.139. The van der Waals surface area contributed by atoms with Crippen molar-refractivity contribution >= 4 is 5.97 Å². The zero-order chi connectivity index (χ0) is 11.3. The van der Waals surface area contributed by atoms with Crippen molar-refractivity contribution in [2.75, 3.05) is 7.11 Å². The van der Waals surface area contributed by atoms with Crippen LogP contribution in [0.25, 0.3) is 0 Å². The molecule has 0 N–H and O–H groups in total. The van der Waals surface area contributed by atoms with Crippen LogP contribution < -0.4 is 0 Å². The van der Waals surface area contributed by atoms with Gasteiger partial charge in [0.05, 0.1) is 7.11 Å². The van der Waals surface area contributed by atoms with Crippen LogP contribution in [0.1, 0.15) is 23.1 Å². The Labute approximate surface area is 90.3 Å². The quantitative estimate of drug-likeness (QED) is 0.515. The molecule has 0 fully saturated rings. The van der Waals surface area contributed by atoms with E-state index in [9.17, 15) is 4.79 Å². The van der Waals surface area contributed by atoms with Gasteiger partial charge in [0.1, 0.15) is 6.42 Å². The minimum absolute atomic E-state index is 0.143. The largest absolute Gasteiger partial charge is 0.468 e. The summed E-state index contributed by atoms with van der Waals surface area (Å²) >= 11 is 0. The van der Waals surface area contributed by atoms with Gasteiger partial charge in [-0.2, -0.15) is 0 Å². The van der Waals surface area contributed by atoms with Crippen molar-refractivity contribution in [1.29, 1.82) is 0 Å². The molecule has 0 heterocycles. The maximum absolute atomic E-state index is 10.8. The van der Waals surface area contributed by atoms with Crippen LogP contribution in [-0.2, 0) is 9.53 Å². The monoisotopic (exact) mass is 202 g/mol. The van der Waals surface area contributed by atoms with E-state index in [2.05, 4.69) is 16.6 Å². The van der Waals surface area contributed by atoms with E-state index >= 15 is 0 Å². The van der Waals surface area contributed by atoms with E-state index in [0.29, 0.717) is 0 Å². The fourth-order valence-corrected chi connectivity index (χ4v) is 1.29. The van der Waals surface area contributed by atoms with E-state index in [1.165, 1.54) is 7.11 Å². The first-order valence-electron chi connectivity index (χ1n) is 4.77. The summed E-state index contributed by atoms with van der Waals surface area (Å²) in [5, 5.41) is 0. The molecule has 0 amide bonds. The van der Waals surface area contributed by atoms with E-state index in [-0.39, 0.29) is 12.4 Å². The second kappa shape index (κ2) is 5.21. The third-order valence-electron chi connectivity index (χ3n) is 2.15. The Morgan fingerprint density at radius 3 is 2.47 bits per heavy atom. The lowest BCUT2D eigenvalue weighted by atomic mass is 10.0. The number of ether oxygens (including phenoxy) is 1. The molecule has 0 bridgehead atoms. The molecule has 0 aromatic heterocycles. The average Bonchev–Trinajstić information content (AvgIpc) is 2.22. The van der Waals surface area contributed by atoms with Crippen molar-refractivity contribution < 1.29 is 9.53 Å². The summed E-state index contributed by atoms with van der Waals surface area (Å²) in [6, 6.07) is 6.01. The van der Waals surface area contributed by atoms with Gasteiger partial charge in [-0.25, -0.2) is 0 Å². The molecule has 0 aliphatic carbocycles. The van der Waals surface area contributed by atoms with Crippen LogP contribution in [0.3, 0.4) is 0 Å². The zero-order valence-corrected chi connectivity index (χ0v) is 9.26. The van der Waals surface area contributed by atoms with Crippen LogP contribution in [0, 0.1) is 25.7 Å². The van der Waals surface area contributed by atoms with E-state index in [1.54, 1.807) is 0 Å². The second-order valence-corrected chi connectivity index (χ2v) is 3.32. The summed E-state index contributed by atoms with van der Waals surface area (Å²) in [5.41, 5.74) is 3.26. The molecule has 78 valence electrons. The molecule has 1 rings (SSSR count). The Morgan fingerprint density at radius 2 is 1.93 bits per heavy atom. The highest BCUT2D eigenvalue weighted by Gasteiger charge is 1.98. The minimum Gasteiger partial charge on any atom is -0.468 e. The molecule has 0 aliphatic rings. The van der Waals surface area contributed by atoms with Crippen molar-refractivity contribution in [2.24, 2.45) is 0 Å².